The van der Waals surface area contributed by atoms with Gasteiger partial charge in [0.05, 0.1) is 0 Å². The monoisotopic (exact) mass is 193 g/mol. The molecule has 1 heteroatoms. The maximum absolute atomic E-state index is 5.69. The molecule has 0 radical (unpaired) electrons. The van der Waals surface area contributed by atoms with Crippen molar-refractivity contribution in [2.24, 2.45) is 28.9 Å². The van der Waals surface area contributed by atoms with Gasteiger partial charge in [0, 0.05) is 0 Å². The van der Waals surface area contributed by atoms with E-state index in [1.807, 2.05) is 0 Å². The SMILES string of the molecule is CC(CN)CC1=CCC2CC1C2(C)C. The molecule has 0 amide bonds. The fourth-order valence-electron chi connectivity index (χ4n) is 3.19. The zero-order chi connectivity index (χ0) is 10.3. The van der Waals surface area contributed by atoms with E-state index >= 15 is 0 Å². The first-order valence-electron chi connectivity index (χ1n) is 5.94. The van der Waals surface area contributed by atoms with Gasteiger partial charge in [0.15, 0.2) is 0 Å². The quantitative estimate of drug-likeness (QED) is 0.685. The third kappa shape index (κ3) is 1.42. The number of fused-ring (bicyclic) bond motifs is 1. The Morgan fingerprint density at radius 1 is 1.57 bits per heavy atom. The second-order valence-electron chi connectivity index (χ2n) is 5.87. The van der Waals surface area contributed by atoms with E-state index in [0.29, 0.717) is 11.3 Å². The minimum atomic E-state index is 0.582. The summed E-state index contributed by atoms with van der Waals surface area (Å²) in [6, 6.07) is 0. The van der Waals surface area contributed by atoms with Gasteiger partial charge in [-0.2, -0.15) is 0 Å². The summed E-state index contributed by atoms with van der Waals surface area (Å²) in [4.78, 5) is 0. The number of hydrogen-bond donors (Lipinski definition) is 1. The Kier molecular flexibility index (Phi) is 2.46. The van der Waals surface area contributed by atoms with Crippen molar-refractivity contribution in [3.05, 3.63) is 11.6 Å². The third-order valence-corrected chi connectivity index (χ3v) is 4.57. The van der Waals surface area contributed by atoms with Crippen LogP contribution < -0.4 is 5.73 Å². The number of rotatable bonds is 3. The Hall–Kier alpha value is -0.300. The molecule has 3 aliphatic rings. The van der Waals surface area contributed by atoms with E-state index in [0.717, 1.165) is 18.4 Å². The first kappa shape index (κ1) is 10.2. The molecule has 1 saturated carbocycles. The first-order valence-corrected chi connectivity index (χ1v) is 5.94. The van der Waals surface area contributed by atoms with Crippen molar-refractivity contribution in [2.75, 3.05) is 6.54 Å². The van der Waals surface area contributed by atoms with Crippen molar-refractivity contribution in [2.45, 2.75) is 40.0 Å². The standard InChI is InChI=1S/C13H23N/c1-9(8-14)6-10-4-5-11-7-12(10)13(11,2)3/h4,9,11-12H,5-8,14H2,1-3H3. The maximum Gasteiger partial charge on any atom is -0.00484 e. The lowest BCUT2D eigenvalue weighted by atomic mass is 9.48. The average Bonchev–Trinajstić information content (AvgIpc) is 2.17. The Labute approximate surface area is 87.8 Å². The lowest BCUT2D eigenvalue weighted by molar-refractivity contribution is -0.00929. The van der Waals surface area contributed by atoms with Crippen LogP contribution in [0.3, 0.4) is 0 Å². The summed E-state index contributed by atoms with van der Waals surface area (Å²) in [5.74, 6) is 2.49. The lowest BCUT2D eigenvalue weighted by Crippen LogP contribution is -2.48. The smallest absolute Gasteiger partial charge is 0.00484 e. The molecule has 3 rings (SSSR count). The van der Waals surface area contributed by atoms with Crippen LogP contribution in [0.4, 0.5) is 0 Å². The summed E-state index contributed by atoms with van der Waals surface area (Å²) in [7, 11) is 0. The molecule has 3 atom stereocenters. The van der Waals surface area contributed by atoms with Crippen molar-refractivity contribution in [1.82, 2.24) is 0 Å². The molecule has 2 bridgehead atoms. The van der Waals surface area contributed by atoms with E-state index in [4.69, 9.17) is 5.73 Å². The highest BCUT2D eigenvalue weighted by Crippen LogP contribution is 2.60. The molecule has 1 fully saturated rings. The van der Waals surface area contributed by atoms with Gasteiger partial charge < -0.3 is 5.73 Å². The summed E-state index contributed by atoms with van der Waals surface area (Å²) >= 11 is 0. The highest BCUT2D eigenvalue weighted by atomic mass is 14.6. The van der Waals surface area contributed by atoms with Crippen molar-refractivity contribution in [3.63, 3.8) is 0 Å². The molecule has 3 unspecified atom stereocenters. The third-order valence-electron chi connectivity index (χ3n) is 4.57. The molecule has 1 nitrogen and oxygen atoms in total. The number of allylic oxidation sites excluding steroid dienone is 2. The minimum absolute atomic E-state index is 0.582. The topological polar surface area (TPSA) is 26.0 Å². The van der Waals surface area contributed by atoms with Crippen LogP contribution >= 0.6 is 0 Å². The molecule has 0 spiro atoms. The maximum atomic E-state index is 5.69. The van der Waals surface area contributed by atoms with Crippen LogP contribution in [0.25, 0.3) is 0 Å². The fourth-order valence-corrected chi connectivity index (χ4v) is 3.19. The van der Waals surface area contributed by atoms with E-state index < -0.39 is 0 Å². The molecular formula is C13H23N. The van der Waals surface area contributed by atoms with Crippen LogP contribution in [-0.4, -0.2) is 6.54 Å². The predicted octanol–water partition coefficient (Wildman–Crippen LogP) is 2.96. The van der Waals surface area contributed by atoms with Crippen molar-refractivity contribution in [1.29, 1.82) is 0 Å². The molecule has 0 heterocycles. The van der Waals surface area contributed by atoms with Gasteiger partial charge in [-0.1, -0.05) is 32.4 Å². The van der Waals surface area contributed by atoms with E-state index in [9.17, 15) is 0 Å². The van der Waals surface area contributed by atoms with Crippen molar-refractivity contribution in [3.8, 4) is 0 Å². The van der Waals surface area contributed by atoms with E-state index in [1.165, 1.54) is 19.3 Å². The largest absolute Gasteiger partial charge is 0.330 e. The summed E-state index contributed by atoms with van der Waals surface area (Å²) in [5.41, 5.74) is 7.97. The molecule has 14 heavy (non-hydrogen) atoms. The average molecular weight is 193 g/mol. The highest BCUT2D eigenvalue weighted by Gasteiger charge is 2.50. The molecule has 80 valence electrons. The van der Waals surface area contributed by atoms with Crippen molar-refractivity contribution < 1.29 is 0 Å². The van der Waals surface area contributed by atoms with Gasteiger partial charge in [0.2, 0.25) is 0 Å². The van der Waals surface area contributed by atoms with Crippen LogP contribution in [0.2, 0.25) is 0 Å². The molecule has 0 aromatic carbocycles. The van der Waals surface area contributed by atoms with Crippen LogP contribution in [0.15, 0.2) is 11.6 Å². The Balaban J connectivity index is 2.04. The van der Waals surface area contributed by atoms with Crippen LogP contribution in [0, 0.1) is 23.2 Å². The van der Waals surface area contributed by atoms with Crippen molar-refractivity contribution >= 4 is 0 Å². The molecule has 0 aliphatic heterocycles. The zero-order valence-electron chi connectivity index (χ0n) is 9.72. The fraction of sp³-hybridized carbons (Fsp3) is 0.846. The van der Waals surface area contributed by atoms with E-state index in [1.54, 1.807) is 5.57 Å². The van der Waals surface area contributed by atoms with Gasteiger partial charge >= 0.3 is 0 Å². The number of nitrogens with two attached hydrogens (primary N) is 1. The minimum Gasteiger partial charge on any atom is -0.330 e. The van der Waals surface area contributed by atoms with Gasteiger partial charge in [-0.05, 0) is 49.0 Å². The van der Waals surface area contributed by atoms with Gasteiger partial charge in [-0.3, -0.25) is 0 Å². The van der Waals surface area contributed by atoms with Crippen LogP contribution in [0.1, 0.15) is 40.0 Å². The van der Waals surface area contributed by atoms with E-state index in [-0.39, 0.29) is 0 Å². The number of hydrogen-bond acceptors (Lipinski definition) is 1. The van der Waals surface area contributed by atoms with Crippen LogP contribution in [0.5, 0.6) is 0 Å². The summed E-state index contributed by atoms with van der Waals surface area (Å²) in [5, 5.41) is 0. The second-order valence-corrected chi connectivity index (χ2v) is 5.87. The Morgan fingerprint density at radius 3 is 2.79 bits per heavy atom. The summed E-state index contributed by atoms with van der Waals surface area (Å²) in [6.07, 6.45) is 6.49. The van der Waals surface area contributed by atoms with Gasteiger partial charge in [0.1, 0.15) is 0 Å². The Morgan fingerprint density at radius 2 is 2.29 bits per heavy atom. The molecule has 2 N–H and O–H groups in total. The van der Waals surface area contributed by atoms with Gasteiger partial charge in [-0.15, -0.1) is 0 Å². The van der Waals surface area contributed by atoms with Gasteiger partial charge in [0.25, 0.3) is 0 Å². The molecule has 3 aliphatic carbocycles. The summed E-state index contributed by atoms with van der Waals surface area (Å²) in [6.45, 7) is 7.96. The normalized spacial score (nSPS) is 35.9. The lowest BCUT2D eigenvalue weighted by Gasteiger charge is -2.57. The molecule has 0 aromatic heterocycles. The van der Waals surface area contributed by atoms with Gasteiger partial charge in [-0.25, -0.2) is 0 Å². The molecular weight excluding hydrogens is 170 g/mol. The first-order chi connectivity index (χ1) is 6.55. The zero-order valence-corrected chi connectivity index (χ0v) is 9.72. The second kappa shape index (κ2) is 3.37. The summed E-state index contributed by atoms with van der Waals surface area (Å²) < 4.78 is 0. The predicted molar refractivity (Wildman–Crippen MR) is 60.9 cm³/mol. The molecule has 0 aromatic rings. The highest BCUT2D eigenvalue weighted by molar-refractivity contribution is 5.23. The van der Waals surface area contributed by atoms with Crippen LogP contribution in [-0.2, 0) is 0 Å². The Bertz CT molecular complexity index is 252. The molecule has 0 saturated heterocycles. The van der Waals surface area contributed by atoms with E-state index in [2.05, 4.69) is 26.8 Å².